The van der Waals surface area contributed by atoms with Crippen molar-refractivity contribution in [3.63, 3.8) is 0 Å². The maximum Gasteiger partial charge on any atom is 0.143 e. The molecule has 3 rings (SSSR count). The summed E-state index contributed by atoms with van der Waals surface area (Å²) in [5, 5.41) is 20.2. The van der Waals surface area contributed by atoms with Gasteiger partial charge in [-0.15, -0.1) is 11.8 Å². The molecule has 1 aromatic heterocycles. The molecule has 0 aliphatic rings. The van der Waals surface area contributed by atoms with E-state index >= 15 is 0 Å². The van der Waals surface area contributed by atoms with Crippen molar-refractivity contribution in [3.8, 4) is 29.0 Å². The van der Waals surface area contributed by atoms with E-state index in [1.165, 1.54) is 17.3 Å². The monoisotopic (exact) mass is 454 g/mol. The van der Waals surface area contributed by atoms with Crippen molar-refractivity contribution < 1.29 is 4.74 Å². The van der Waals surface area contributed by atoms with Gasteiger partial charge in [-0.05, 0) is 34.2 Å². The van der Waals surface area contributed by atoms with Gasteiger partial charge in [-0.1, -0.05) is 69.8 Å². The number of aromatic nitrogens is 1. The molecule has 0 unspecified atom stereocenters. The van der Waals surface area contributed by atoms with E-state index in [-0.39, 0.29) is 16.8 Å². The molecule has 3 aromatic rings. The molecule has 0 atom stereocenters. The first-order valence-electron chi connectivity index (χ1n) is 10.5. The van der Waals surface area contributed by atoms with Crippen LogP contribution in [0.1, 0.15) is 43.0 Å². The Bertz CT molecular complexity index is 1230. The van der Waals surface area contributed by atoms with Gasteiger partial charge in [0.2, 0.25) is 0 Å². The second-order valence-electron chi connectivity index (χ2n) is 8.51. The fourth-order valence-corrected chi connectivity index (χ4v) is 4.27. The lowest BCUT2D eigenvalue weighted by Gasteiger charge is -2.19. The van der Waals surface area contributed by atoms with Gasteiger partial charge in [-0.25, -0.2) is 4.98 Å². The summed E-state index contributed by atoms with van der Waals surface area (Å²) in [5.41, 5.74) is 10.3. The number of nitrogen functional groups attached to an aromatic ring is 1. The van der Waals surface area contributed by atoms with Crippen LogP contribution >= 0.6 is 11.8 Å². The summed E-state index contributed by atoms with van der Waals surface area (Å²) >= 11 is 1.44. The topological polar surface area (TPSA) is 95.7 Å². The Morgan fingerprint density at radius 3 is 2.21 bits per heavy atom. The van der Waals surface area contributed by atoms with Crippen LogP contribution in [0.15, 0.2) is 66.2 Å². The molecule has 0 saturated heterocycles. The average Bonchev–Trinajstić information content (AvgIpc) is 2.81. The molecule has 0 fully saturated rings. The summed E-state index contributed by atoms with van der Waals surface area (Å²) in [5.74, 6) is 1.42. The van der Waals surface area contributed by atoms with Gasteiger partial charge >= 0.3 is 0 Å². The van der Waals surface area contributed by atoms with E-state index in [0.29, 0.717) is 39.8 Å². The molecule has 6 heteroatoms. The Morgan fingerprint density at radius 1 is 1.03 bits per heavy atom. The van der Waals surface area contributed by atoms with E-state index in [9.17, 15) is 10.5 Å². The first-order chi connectivity index (χ1) is 15.8. The van der Waals surface area contributed by atoms with Crippen LogP contribution in [0.2, 0.25) is 0 Å². The van der Waals surface area contributed by atoms with E-state index in [0.717, 1.165) is 5.56 Å². The highest BCUT2D eigenvalue weighted by molar-refractivity contribution is 7.98. The molecule has 0 aliphatic heterocycles. The van der Waals surface area contributed by atoms with E-state index in [1.807, 2.05) is 12.1 Å². The fraction of sp³-hybridized carbons (Fsp3) is 0.222. The fourth-order valence-electron chi connectivity index (χ4n) is 3.32. The molecule has 0 amide bonds. The van der Waals surface area contributed by atoms with Crippen molar-refractivity contribution in [3.05, 3.63) is 83.4 Å². The van der Waals surface area contributed by atoms with Crippen LogP contribution in [-0.4, -0.2) is 11.6 Å². The lowest BCUT2D eigenvalue weighted by molar-refractivity contribution is 0.363. The first kappa shape index (κ1) is 23.9. The minimum atomic E-state index is 0.0873. The van der Waals surface area contributed by atoms with Crippen molar-refractivity contribution >= 4 is 17.6 Å². The van der Waals surface area contributed by atoms with Gasteiger partial charge in [0.05, 0.1) is 5.56 Å². The van der Waals surface area contributed by atoms with E-state index in [1.54, 1.807) is 18.2 Å². The van der Waals surface area contributed by atoms with Gasteiger partial charge in [0.15, 0.2) is 0 Å². The number of anilines is 1. The van der Waals surface area contributed by atoms with Gasteiger partial charge in [0.1, 0.15) is 40.9 Å². The number of hydrogen-bond acceptors (Lipinski definition) is 6. The van der Waals surface area contributed by atoms with Gasteiger partial charge in [0.25, 0.3) is 0 Å². The quantitative estimate of drug-likeness (QED) is 0.336. The Hall–Kier alpha value is -3.74. The van der Waals surface area contributed by atoms with Gasteiger partial charge < -0.3 is 10.5 Å². The third-order valence-electron chi connectivity index (χ3n) is 5.12. The molecule has 0 bridgehead atoms. The Labute approximate surface area is 199 Å². The molecule has 0 spiro atoms. The molecule has 33 heavy (non-hydrogen) atoms. The number of nitrogens with two attached hydrogens (primary N) is 1. The molecule has 1 heterocycles. The minimum Gasteiger partial charge on any atom is -0.490 e. The van der Waals surface area contributed by atoms with Crippen LogP contribution < -0.4 is 10.5 Å². The predicted molar refractivity (Wildman–Crippen MR) is 134 cm³/mol. The number of ether oxygens (including phenoxy) is 1. The van der Waals surface area contributed by atoms with Gasteiger partial charge in [0, 0.05) is 11.3 Å². The Kier molecular flexibility index (Phi) is 7.43. The second-order valence-corrected chi connectivity index (χ2v) is 9.47. The molecule has 5 nitrogen and oxygen atoms in total. The van der Waals surface area contributed by atoms with Crippen LogP contribution in [0.5, 0.6) is 5.75 Å². The van der Waals surface area contributed by atoms with Gasteiger partial charge in [-0.2, -0.15) is 10.5 Å². The Morgan fingerprint density at radius 2 is 1.67 bits per heavy atom. The van der Waals surface area contributed by atoms with Gasteiger partial charge in [-0.3, -0.25) is 0 Å². The van der Waals surface area contributed by atoms with Crippen molar-refractivity contribution in [2.45, 2.75) is 37.0 Å². The lowest BCUT2D eigenvalue weighted by Crippen LogP contribution is -2.10. The summed E-state index contributed by atoms with van der Waals surface area (Å²) in [6, 6.07) is 20.0. The van der Waals surface area contributed by atoms with Crippen molar-refractivity contribution in [1.82, 2.24) is 4.98 Å². The summed E-state index contributed by atoms with van der Waals surface area (Å²) in [6.07, 6.45) is 1.67. The van der Waals surface area contributed by atoms with Crippen LogP contribution in [0.25, 0.3) is 11.1 Å². The molecule has 0 saturated carbocycles. The SMILES string of the molecule is C=CCOc1ccc(-c2c(C#N)c(N)nc(SCc3ccc(C(C)(C)C)cc3)c2C#N)cc1. The van der Waals surface area contributed by atoms with E-state index in [2.05, 4.69) is 68.7 Å². The van der Waals surface area contributed by atoms with E-state index < -0.39 is 0 Å². The summed E-state index contributed by atoms with van der Waals surface area (Å²) in [7, 11) is 0. The second kappa shape index (κ2) is 10.3. The van der Waals surface area contributed by atoms with Crippen LogP contribution in [0, 0.1) is 22.7 Å². The van der Waals surface area contributed by atoms with Crippen LogP contribution in [0.3, 0.4) is 0 Å². The number of nitriles is 2. The smallest absolute Gasteiger partial charge is 0.143 e. The normalized spacial score (nSPS) is 10.8. The summed E-state index contributed by atoms with van der Waals surface area (Å²) < 4.78 is 5.53. The molecule has 2 aromatic carbocycles. The van der Waals surface area contributed by atoms with Crippen molar-refractivity contribution in [2.24, 2.45) is 0 Å². The molecule has 166 valence electrons. The largest absolute Gasteiger partial charge is 0.490 e. The van der Waals surface area contributed by atoms with E-state index in [4.69, 9.17) is 10.5 Å². The van der Waals surface area contributed by atoms with Crippen molar-refractivity contribution in [2.75, 3.05) is 12.3 Å². The summed E-state index contributed by atoms with van der Waals surface area (Å²) in [6.45, 7) is 10.6. The highest BCUT2D eigenvalue weighted by Crippen LogP contribution is 2.37. The number of pyridine rings is 1. The van der Waals surface area contributed by atoms with Crippen molar-refractivity contribution in [1.29, 1.82) is 10.5 Å². The predicted octanol–water partition coefficient (Wildman–Crippen LogP) is 6.23. The molecular weight excluding hydrogens is 428 g/mol. The Balaban J connectivity index is 1.95. The maximum absolute atomic E-state index is 9.98. The molecule has 2 N–H and O–H groups in total. The minimum absolute atomic E-state index is 0.0873. The number of hydrogen-bond donors (Lipinski definition) is 1. The highest BCUT2D eigenvalue weighted by atomic mass is 32.2. The number of thioether (sulfide) groups is 1. The zero-order chi connectivity index (χ0) is 24.0. The third-order valence-corrected chi connectivity index (χ3v) is 6.17. The zero-order valence-corrected chi connectivity index (χ0v) is 19.9. The third kappa shape index (κ3) is 5.55. The highest BCUT2D eigenvalue weighted by Gasteiger charge is 2.21. The van der Waals surface area contributed by atoms with Crippen LogP contribution in [0.4, 0.5) is 5.82 Å². The maximum atomic E-state index is 9.98. The standard InChI is InChI=1S/C27H26N4OS/c1-5-14-32-21-12-8-19(9-13-21)24-22(15-28)25(30)31-26(23(24)16-29)33-17-18-6-10-20(11-7-18)27(2,3)4/h5-13H,1,14,17H2,2-4H3,(H2,30,31). The van der Waals surface area contributed by atoms with Crippen LogP contribution in [-0.2, 0) is 11.2 Å². The number of rotatable bonds is 7. The number of nitrogens with zero attached hydrogens (tertiary/aromatic N) is 3. The molecule has 0 radical (unpaired) electrons. The molecule has 0 aliphatic carbocycles. The lowest BCUT2D eigenvalue weighted by atomic mass is 9.87. The first-order valence-corrected chi connectivity index (χ1v) is 11.5. The number of benzene rings is 2. The zero-order valence-electron chi connectivity index (χ0n) is 19.1. The summed E-state index contributed by atoms with van der Waals surface area (Å²) in [4.78, 5) is 4.39. The molecular formula is C27H26N4OS. The average molecular weight is 455 g/mol.